The van der Waals surface area contributed by atoms with Crippen molar-refractivity contribution in [1.82, 2.24) is 24.7 Å². The number of hydrogen-bond donors (Lipinski definition) is 1. The first-order valence-electron chi connectivity index (χ1n) is 9.06. The summed E-state index contributed by atoms with van der Waals surface area (Å²) in [6, 6.07) is 17.6. The Morgan fingerprint density at radius 2 is 1.79 bits per heavy atom. The molecule has 0 unspecified atom stereocenters. The van der Waals surface area contributed by atoms with Crippen LogP contribution in [0, 0.1) is 18.6 Å². The van der Waals surface area contributed by atoms with E-state index in [-0.39, 0.29) is 0 Å². The molecule has 0 amide bonds. The van der Waals surface area contributed by atoms with Crippen molar-refractivity contribution in [2.45, 2.75) is 13.8 Å². The summed E-state index contributed by atoms with van der Waals surface area (Å²) in [7, 11) is 1.63. The molecule has 0 aliphatic rings. The zero-order valence-corrected chi connectivity index (χ0v) is 17.1. The highest BCUT2D eigenvalue weighted by molar-refractivity contribution is 7.71. The molecule has 4 rings (SSSR count). The van der Waals surface area contributed by atoms with Gasteiger partial charge in [0.2, 0.25) is 4.77 Å². The smallest absolute Gasteiger partial charge is 0.216 e. The minimum Gasteiger partial charge on any atom is -0.497 e. The molecule has 0 atom stereocenters. The van der Waals surface area contributed by atoms with Crippen molar-refractivity contribution in [2.75, 3.05) is 7.11 Å². The number of hydrogen-bond acceptors (Lipinski definition) is 5. The van der Waals surface area contributed by atoms with Gasteiger partial charge in [0.05, 0.1) is 30.4 Å². The highest BCUT2D eigenvalue weighted by atomic mass is 32.1. The van der Waals surface area contributed by atoms with Gasteiger partial charge in [-0.2, -0.15) is 20.0 Å². The lowest BCUT2D eigenvalue weighted by atomic mass is 10.2. The second-order valence-electron chi connectivity index (χ2n) is 6.47. The summed E-state index contributed by atoms with van der Waals surface area (Å²) < 4.78 is 9.15. The number of nitrogens with one attached hydrogen (secondary N) is 1. The van der Waals surface area contributed by atoms with E-state index in [1.807, 2.05) is 73.1 Å². The highest BCUT2D eigenvalue weighted by Crippen LogP contribution is 2.21. The molecule has 0 saturated heterocycles. The Labute approximate surface area is 173 Å². The van der Waals surface area contributed by atoms with E-state index in [0.717, 1.165) is 34.0 Å². The van der Waals surface area contributed by atoms with Crippen LogP contribution in [0.2, 0.25) is 0 Å². The van der Waals surface area contributed by atoms with Gasteiger partial charge in [0, 0.05) is 11.1 Å². The number of methoxy groups -OCH3 is 1. The van der Waals surface area contributed by atoms with E-state index in [1.54, 1.807) is 18.0 Å². The van der Waals surface area contributed by atoms with Crippen molar-refractivity contribution < 1.29 is 4.74 Å². The van der Waals surface area contributed by atoms with Crippen LogP contribution in [-0.2, 0) is 0 Å². The third-order valence-corrected chi connectivity index (χ3v) is 4.91. The van der Waals surface area contributed by atoms with Gasteiger partial charge in [0.15, 0.2) is 5.82 Å². The molecule has 1 N–H and O–H groups in total. The Morgan fingerprint density at radius 1 is 1.07 bits per heavy atom. The molecular formula is C21H20N6OS. The molecule has 4 aromatic rings. The number of benzene rings is 2. The molecule has 0 aliphatic carbocycles. The number of nitrogens with zero attached hydrogens (tertiary/aromatic N) is 5. The normalized spacial score (nSPS) is 11.3. The summed E-state index contributed by atoms with van der Waals surface area (Å²) in [4.78, 5) is 0. The number of para-hydroxylation sites is 1. The number of ether oxygens (including phenoxy) is 1. The maximum atomic E-state index is 5.37. The summed E-state index contributed by atoms with van der Waals surface area (Å²) in [6.07, 6.45) is 1.77. The predicted molar refractivity (Wildman–Crippen MR) is 115 cm³/mol. The SMILES string of the molecule is COc1ccc(-c2n[nH]c(=S)n2/N=C/c2c(C)nn(-c3ccccc3)c2C)cc1. The van der Waals surface area contributed by atoms with Crippen molar-refractivity contribution in [1.29, 1.82) is 0 Å². The van der Waals surface area contributed by atoms with Crippen LogP contribution in [0.1, 0.15) is 17.0 Å². The number of aromatic amines is 1. The van der Waals surface area contributed by atoms with Gasteiger partial charge in [0.25, 0.3) is 0 Å². The highest BCUT2D eigenvalue weighted by Gasteiger charge is 2.12. The molecule has 0 aliphatic heterocycles. The van der Waals surface area contributed by atoms with Gasteiger partial charge in [-0.05, 0) is 62.5 Å². The molecule has 0 radical (unpaired) electrons. The first kappa shape index (κ1) is 18.8. The summed E-state index contributed by atoms with van der Waals surface area (Å²) in [5, 5.41) is 16.4. The topological polar surface area (TPSA) is 73.0 Å². The van der Waals surface area contributed by atoms with Gasteiger partial charge < -0.3 is 4.74 Å². The molecule has 2 aromatic carbocycles. The number of H-pyrrole nitrogens is 1. The molecule has 2 aromatic heterocycles. The zero-order valence-electron chi connectivity index (χ0n) is 16.3. The third-order valence-electron chi connectivity index (χ3n) is 4.65. The minimum atomic E-state index is 0.415. The molecule has 8 heteroatoms. The Hall–Kier alpha value is -3.52. The second-order valence-corrected chi connectivity index (χ2v) is 6.86. The van der Waals surface area contributed by atoms with Crippen LogP contribution in [0.5, 0.6) is 5.75 Å². The molecule has 146 valence electrons. The van der Waals surface area contributed by atoms with E-state index in [9.17, 15) is 0 Å². The maximum Gasteiger partial charge on any atom is 0.216 e. The standard InChI is InChI=1S/C21H20N6OS/c1-14-19(15(2)26(25-14)17-7-5-4-6-8-17)13-22-27-20(23-24-21(27)29)16-9-11-18(28-3)12-10-16/h4-13H,1-3H3,(H,24,29)/b22-13+. The molecule has 0 fully saturated rings. The second kappa shape index (κ2) is 7.84. The Kier molecular flexibility index (Phi) is 5.09. The summed E-state index contributed by atoms with van der Waals surface area (Å²) >= 11 is 5.37. The predicted octanol–water partition coefficient (Wildman–Crippen LogP) is 4.30. The minimum absolute atomic E-state index is 0.415. The van der Waals surface area contributed by atoms with Crippen molar-refractivity contribution in [3.05, 3.63) is 76.3 Å². The van der Waals surface area contributed by atoms with Crippen LogP contribution in [0.4, 0.5) is 0 Å². The Balaban J connectivity index is 1.71. The molecule has 0 spiro atoms. The fourth-order valence-electron chi connectivity index (χ4n) is 3.10. The van der Waals surface area contributed by atoms with Crippen molar-refractivity contribution in [2.24, 2.45) is 5.10 Å². The van der Waals surface area contributed by atoms with Crippen LogP contribution >= 0.6 is 12.2 Å². The summed E-state index contributed by atoms with van der Waals surface area (Å²) in [6.45, 7) is 3.99. The van der Waals surface area contributed by atoms with Crippen molar-refractivity contribution in [3.63, 3.8) is 0 Å². The van der Waals surface area contributed by atoms with Crippen molar-refractivity contribution in [3.8, 4) is 22.8 Å². The van der Waals surface area contributed by atoms with Gasteiger partial charge >= 0.3 is 0 Å². The van der Waals surface area contributed by atoms with Crippen LogP contribution in [0.3, 0.4) is 0 Å². The van der Waals surface area contributed by atoms with Gasteiger partial charge in [-0.25, -0.2) is 9.78 Å². The maximum absolute atomic E-state index is 5.37. The quantitative estimate of drug-likeness (QED) is 0.398. The van der Waals surface area contributed by atoms with Gasteiger partial charge in [-0.3, -0.25) is 0 Å². The molecule has 29 heavy (non-hydrogen) atoms. The molecule has 0 bridgehead atoms. The number of rotatable bonds is 5. The number of aryl methyl sites for hydroxylation is 1. The summed E-state index contributed by atoms with van der Waals surface area (Å²) in [5.41, 5.74) is 4.71. The van der Waals surface area contributed by atoms with Crippen LogP contribution in [-0.4, -0.2) is 38.0 Å². The zero-order chi connectivity index (χ0) is 20.4. The molecular weight excluding hydrogens is 384 g/mol. The molecule has 2 heterocycles. The third kappa shape index (κ3) is 3.62. The van der Waals surface area contributed by atoms with E-state index in [1.165, 1.54) is 0 Å². The fourth-order valence-corrected chi connectivity index (χ4v) is 3.28. The van der Waals surface area contributed by atoms with E-state index in [2.05, 4.69) is 20.4 Å². The van der Waals surface area contributed by atoms with Crippen LogP contribution < -0.4 is 4.74 Å². The van der Waals surface area contributed by atoms with E-state index < -0.39 is 0 Å². The van der Waals surface area contributed by atoms with E-state index >= 15 is 0 Å². The number of aromatic nitrogens is 5. The monoisotopic (exact) mass is 404 g/mol. The van der Waals surface area contributed by atoms with Crippen LogP contribution in [0.25, 0.3) is 17.1 Å². The fraction of sp³-hybridized carbons (Fsp3) is 0.143. The molecule has 0 saturated carbocycles. The first-order chi connectivity index (χ1) is 14.1. The lowest BCUT2D eigenvalue weighted by molar-refractivity contribution is 0.415. The van der Waals surface area contributed by atoms with E-state index in [4.69, 9.17) is 17.0 Å². The first-order valence-corrected chi connectivity index (χ1v) is 9.47. The average Bonchev–Trinajstić information content (AvgIpc) is 3.26. The lowest BCUT2D eigenvalue weighted by Gasteiger charge is -2.04. The Bertz CT molecular complexity index is 1220. The van der Waals surface area contributed by atoms with Gasteiger partial charge in [0.1, 0.15) is 5.75 Å². The average molecular weight is 404 g/mol. The molecule has 7 nitrogen and oxygen atoms in total. The van der Waals surface area contributed by atoms with Gasteiger partial charge in [-0.15, -0.1) is 0 Å². The van der Waals surface area contributed by atoms with E-state index in [0.29, 0.717) is 10.6 Å². The largest absolute Gasteiger partial charge is 0.497 e. The van der Waals surface area contributed by atoms with Crippen molar-refractivity contribution >= 4 is 18.4 Å². The Morgan fingerprint density at radius 3 is 2.48 bits per heavy atom. The summed E-state index contributed by atoms with van der Waals surface area (Å²) in [5.74, 6) is 1.40. The van der Waals surface area contributed by atoms with Crippen LogP contribution in [0.15, 0.2) is 59.7 Å². The van der Waals surface area contributed by atoms with Gasteiger partial charge in [-0.1, -0.05) is 18.2 Å². The lowest BCUT2D eigenvalue weighted by Crippen LogP contribution is -1.99.